The fourth-order valence-electron chi connectivity index (χ4n) is 6.01. The molecule has 0 bridgehead atoms. The van der Waals surface area contributed by atoms with Crippen molar-refractivity contribution >= 4 is 11.0 Å². The lowest BCUT2D eigenvalue weighted by atomic mass is 9.90. The van der Waals surface area contributed by atoms with Crippen LogP contribution in [-0.4, -0.2) is 10.9 Å². The van der Waals surface area contributed by atoms with Crippen molar-refractivity contribution in [1.82, 2.24) is 4.57 Å². The normalized spacial score (nSPS) is 17.6. The quantitative estimate of drug-likeness (QED) is 0.290. The number of fused-ring (bicyclic) bond motifs is 6. The van der Waals surface area contributed by atoms with Gasteiger partial charge in [0.15, 0.2) is 11.0 Å². The molecule has 0 aliphatic carbocycles. The molecule has 0 saturated carbocycles. The van der Waals surface area contributed by atoms with Crippen LogP contribution >= 0.6 is 0 Å². The molecular weight excluding hydrogens is 432 g/mol. The third kappa shape index (κ3) is 2.77. The van der Waals surface area contributed by atoms with E-state index in [1.54, 1.807) is 0 Å². The molecule has 0 fully saturated rings. The van der Waals surface area contributed by atoms with Gasteiger partial charge in [-0.3, -0.25) is 0 Å². The first-order valence-electron chi connectivity index (χ1n) is 12.2. The van der Waals surface area contributed by atoms with Crippen molar-refractivity contribution in [2.24, 2.45) is 7.05 Å². The van der Waals surface area contributed by atoms with Gasteiger partial charge in [0.1, 0.15) is 17.2 Å². The minimum atomic E-state index is -0.296. The van der Waals surface area contributed by atoms with Crippen molar-refractivity contribution in [2.75, 3.05) is 0 Å². The van der Waals surface area contributed by atoms with Crippen molar-refractivity contribution in [1.29, 1.82) is 0 Å². The molecule has 2 unspecified atom stereocenters. The lowest BCUT2D eigenvalue weighted by molar-refractivity contribution is -0.633. The number of imidazole rings is 1. The molecule has 7 rings (SSSR count). The number of benzene rings is 4. The number of nitrogens with zero attached hydrogens (tertiary/aromatic N) is 2. The molecule has 0 amide bonds. The van der Waals surface area contributed by atoms with E-state index < -0.39 is 0 Å². The van der Waals surface area contributed by atoms with Crippen LogP contribution in [-0.2, 0) is 7.05 Å². The Bertz CT molecular complexity index is 1640. The Morgan fingerprint density at radius 1 is 0.714 bits per heavy atom. The predicted octanol–water partition coefficient (Wildman–Crippen LogP) is 6.29. The fourth-order valence-corrected chi connectivity index (χ4v) is 6.01. The second kappa shape index (κ2) is 7.22. The highest BCUT2D eigenvalue weighted by atomic mass is 16.7. The lowest BCUT2D eigenvalue weighted by Gasteiger charge is -2.13. The smallest absolute Gasteiger partial charge is 0.295 e. The first-order valence-corrected chi connectivity index (χ1v) is 12.2. The number of ether oxygens (including phenoxy) is 2. The van der Waals surface area contributed by atoms with Crippen LogP contribution < -0.4 is 14.0 Å². The maximum atomic E-state index is 6.40. The molecule has 0 saturated heterocycles. The summed E-state index contributed by atoms with van der Waals surface area (Å²) >= 11 is 0. The monoisotopic (exact) mass is 459 g/mol. The molecule has 0 spiro atoms. The zero-order valence-electron chi connectivity index (χ0n) is 20.4. The summed E-state index contributed by atoms with van der Waals surface area (Å²) in [4.78, 5) is 0. The summed E-state index contributed by atoms with van der Waals surface area (Å²) in [7, 11) is 2.16. The summed E-state index contributed by atoms with van der Waals surface area (Å²) in [5.74, 6) is 3.10. The van der Waals surface area contributed by atoms with E-state index in [9.17, 15) is 0 Å². The highest BCUT2D eigenvalue weighted by Gasteiger charge is 2.44. The first kappa shape index (κ1) is 20.3. The van der Waals surface area contributed by atoms with Crippen molar-refractivity contribution < 1.29 is 14.0 Å². The second-order valence-electron chi connectivity index (χ2n) is 9.77. The Kier molecular flexibility index (Phi) is 4.20. The van der Waals surface area contributed by atoms with Crippen molar-refractivity contribution in [2.45, 2.75) is 33.0 Å². The predicted molar refractivity (Wildman–Crippen MR) is 137 cm³/mol. The molecule has 2 atom stereocenters. The van der Waals surface area contributed by atoms with Gasteiger partial charge in [0.05, 0.1) is 18.5 Å². The van der Waals surface area contributed by atoms with Crippen LogP contribution in [0.1, 0.15) is 33.7 Å². The molecule has 0 N–H and O–H groups in total. The van der Waals surface area contributed by atoms with Gasteiger partial charge in [0, 0.05) is 11.1 Å². The topological polar surface area (TPSA) is 27.3 Å². The Balaban J connectivity index is 1.49. The van der Waals surface area contributed by atoms with E-state index in [4.69, 9.17) is 9.47 Å². The standard InChI is InChI=1S/C31H27N2O2/c1-18-10-9-11-19(2)29(18)33-25-14-7-6-13-24(25)32(4)30(33)22-17-27-23(16-20(22)3)28-21-12-5-8-15-26(21)34-31(28)35-27/h5-17,28,31H,1-4H3/q+1. The van der Waals surface area contributed by atoms with Crippen molar-refractivity contribution in [3.8, 4) is 28.6 Å². The molecule has 4 aromatic carbocycles. The van der Waals surface area contributed by atoms with E-state index in [0.29, 0.717) is 0 Å². The molecule has 4 heteroatoms. The van der Waals surface area contributed by atoms with E-state index >= 15 is 0 Å². The third-order valence-corrected chi connectivity index (χ3v) is 7.62. The van der Waals surface area contributed by atoms with Gasteiger partial charge in [-0.2, -0.15) is 4.57 Å². The summed E-state index contributed by atoms with van der Waals surface area (Å²) < 4.78 is 17.3. The van der Waals surface area contributed by atoms with Gasteiger partial charge in [0.25, 0.3) is 12.1 Å². The molecule has 4 nitrogen and oxygen atoms in total. The largest absolute Gasteiger partial charge is 0.454 e. The number of para-hydroxylation sites is 4. The molecular formula is C31H27N2O2+. The number of hydrogen-bond donors (Lipinski definition) is 0. The number of aromatic nitrogens is 2. The third-order valence-electron chi connectivity index (χ3n) is 7.62. The highest BCUT2D eigenvalue weighted by Crippen LogP contribution is 2.51. The van der Waals surface area contributed by atoms with Crippen LogP contribution in [0.25, 0.3) is 28.1 Å². The van der Waals surface area contributed by atoms with Crippen molar-refractivity contribution in [3.63, 3.8) is 0 Å². The minimum Gasteiger partial charge on any atom is -0.454 e. The first-order chi connectivity index (χ1) is 17.0. The van der Waals surface area contributed by atoms with Crippen LogP contribution in [0.5, 0.6) is 11.5 Å². The van der Waals surface area contributed by atoms with Crippen LogP contribution in [0.15, 0.2) is 78.9 Å². The van der Waals surface area contributed by atoms with Gasteiger partial charge in [0.2, 0.25) is 0 Å². The summed E-state index contributed by atoms with van der Waals surface area (Å²) in [5, 5.41) is 0. The molecule has 2 aliphatic heterocycles. The van der Waals surface area contributed by atoms with E-state index in [1.807, 2.05) is 12.1 Å². The zero-order valence-corrected chi connectivity index (χ0v) is 20.4. The summed E-state index contributed by atoms with van der Waals surface area (Å²) in [6.07, 6.45) is -0.296. The molecule has 0 radical (unpaired) electrons. The maximum Gasteiger partial charge on any atom is 0.295 e. The average molecular weight is 460 g/mol. The Morgan fingerprint density at radius 3 is 2.26 bits per heavy atom. The average Bonchev–Trinajstić information content (AvgIpc) is 3.47. The number of aryl methyl sites for hydroxylation is 4. The van der Waals surface area contributed by atoms with E-state index in [1.165, 1.54) is 50.1 Å². The van der Waals surface area contributed by atoms with Gasteiger partial charge < -0.3 is 9.47 Å². The zero-order chi connectivity index (χ0) is 23.8. The van der Waals surface area contributed by atoms with Gasteiger partial charge in [-0.1, -0.05) is 54.6 Å². The van der Waals surface area contributed by atoms with Crippen LogP contribution in [0, 0.1) is 20.8 Å². The minimum absolute atomic E-state index is 0.118. The molecule has 35 heavy (non-hydrogen) atoms. The Morgan fingerprint density at radius 2 is 1.43 bits per heavy atom. The van der Waals surface area contributed by atoms with Crippen LogP contribution in [0.3, 0.4) is 0 Å². The Labute approximate surface area is 205 Å². The lowest BCUT2D eigenvalue weighted by Crippen LogP contribution is -2.30. The van der Waals surface area contributed by atoms with Crippen molar-refractivity contribution in [3.05, 3.63) is 107 Å². The molecule has 172 valence electrons. The fraction of sp³-hybridized carbons (Fsp3) is 0.194. The SMILES string of the molecule is Cc1cc2c(cc1-c1n(-c3c(C)cccc3C)c3ccccc3[n+]1C)OC1Oc3ccccc3C21. The van der Waals surface area contributed by atoms with E-state index in [2.05, 4.69) is 104 Å². The maximum absolute atomic E-state index is 6.40. The Hall–Kier alpha value is -4.05. The van der Waals surface area contributed by atoms with Gasteiger partial charge in [-0.05, 0) is 61.7 Å². The van der Waals surface area contributed by atoms with E-state index in [-0.39, 0.29) is 12.2 Å². The number of hydrogen-bond acceptors (Lipinski definition) is 2. The van der Waals surface area contributed by atoms with E-state index in [0.717, 1.165) is 17.3 Å². The highest BCUT2D eigenvalue weighted by molar-refractivity contribution is 5.81. The summed E-state index contributed by atoms with van der Waals surface area (Å²) in [6, 6.07) is 27.9. The molecule has 2 aliphatic rings. The number of rotatable bonds is 2. The van der Waals surface area contributed by atoms with Crippen LogP contribution in [0.2, 0.25) is 0 Å². The summed E-state index contributed by atoms with van der Waals surface area (Å²) in [6.45, 7) is 6.59. The molecule has 1 aromatic heterocycles. The second-order valence-corrected chi connectivity index (χ2v) is 9.77. The summed E-state index contributed by atoms with van der Waals surface area (Å²) in [5.41, 5.74) is 10.9. The van der Waals surface area contributed by atoms with Gasteiger partial charge >= 0.3 is 0 Å². The molecule has 5 aromatic rings. The van der Waals surface area contributed by atoms with Gasteiger partial charge in [-0.25, -0.2) is 4.57 Å². The van der Waals surface area contributed by atoms with Crippen LogP contribution in [0.4, 0.5) is 0 Å². The van der Waals surface area contributed by atoms with Gasteiger partial charge in [-0.15, -0.1) is 0 Å². The molecule has 3 heterocycles.